The van der Waals surface area contributed by atoms with Crippen LogP contribution in [-0.2, 0) is 19.8 Å². The SMILES string of the molecule is CC(=O)c1[c-]cccc1.[Os+]. The molecule has 0 saturated heterocycles. The zero-order valence-corrected chi connectivity index (χ0v) is 8.11. The van der Waals surface area contributed by atoms with Gasteiger partial charge in [0, 0.05) is 0 Å². The molecule has 0 aliphatic rings. The maximum atomic E-state index is 10.6. The van der Waals surface area contributed by atoms with E-state index in [1.54, 1.807) is 12.1 Å². The molecule has 53 valence electrons. The number of carbonyl (C=O) groups excluding carboxylic acids is 1. The number of hydrogen-bond acceptors (Lipinski definition) is 1. The van der Waals surface area contributed by atoms with Crippen LogP contribution in [-0.4, -0.2) is 5.78 Å². The van der Waals surface area contributed by atoms with E-state index in [-0.39, 0.29) is 25.6 Å². The Balaban J connectivity index is 0.000000810. The number of ketones is 1. The predicted molar refractivity (Wildman–Crippen MR) is 35.3 cm³/mol. The molecular formula is C8H7OOs. The number of Topliss-reactive ketones (excluding diaryl/α,β-unsaturated/α-hetero) is 1. The first-order chi connectivity index (χ1) is 4.30. The third kappa shape index (κ3) is 2.41. The van der Waals surface area contributed by atoms with Crippen LogP contribution in [0.3, 0.4) is 0 Å². The van der Waals surface area contributed by atoms with Gasteiger partial charge in [0.25, 0.3) is 0 Å². The van der Waals surface area contributed by atoms with Gasteiger partial charge in [-0.3, -0.25) is 0 Å². The largest absolute Gasteiger partial charge is 1.00 e. The van der Waals surface area contributed by atoms with Crippen LogP contribution in [0.5, 0.6) is 0 Å². The Morgan fingerprint density at radius 1 is 1.50 bits per heavy atom. The molecule has 1 radical (unpaired) electrons. The van der Waals surface area contributed by atoms with Crippen LogP contribution in [0.25, 0.3) is 0 Å². The van der Waals surface area contributed by atoms with E-state index in [9.17, 15) is 4.79 Å². The van der Waals surface area contributed by atoms with Crippen LogP contribution in [0.15, 0.2) is 24.3 Å². The smallest absolute Gasteiger partial charge is 0.352 e. The fourth-order valence-corrected chi connectivity index (χ4v) is 0.612. The number of benzene rings is 1. The molecule has 0 fully saturated rings. The normalized spacial score (nSPS) is 8.10. The summed E-state index contributed by atoms with van der Waals surface area (Å²) in [5.41, 5.74) is 0.650. The molecule has 0 aromatic heterocycles. The van der Waals surface area contributed by atoms with Crippen LogP contribution in [0.2, 0.25) is 0 Å². The average Bonchev–Trinajstić information content (AvgIpc) is 1.90. The van der Waals surface area contributed by atoms with Crippen molar-refractivity contribution < 1.29 is 24.6 Å². The van der Waals surface area contributed by atoms with Crippen molar-refractivity contribution in [1.29, 1.82) is 0 Å². The second kappa shape index (κ2) is 4.36. The molecule has 0 unspecified atom stereocenters. The quantitative estimate of drug-likeness (QED) is 0.570. The van der Waals surface area contributed by atoms with Crippen LogP contribution in [0, 0.1) is 6.07 Å². The van der Waals surface area contributed by atoms with Gasteiger partial charge < -0.3 is 4.79 Å². The molecule has 0 spiro atoms. The molecule has 0 bridgehead atoms. The van der Waals surface area contributed by atoms with Gasteiger partial charge in [-0.1, -0.05) is 0 Å². The van der Waals surface area contributed by atoms with Crippen LogP contribution in [0.4, 0.5) is 0 Å². The van der Waals surface area contributed by atoms with Crippen LogP contribution in [0.1, 0.15) is 17.3 Å². The molecule has 1 nitrogen and oxygen atoms in total. The molecular weight excluding hydrogens is 302 g/mol. The summed E-state index contributed by atoms with van der Waals surface area (Å²) < 4.78 is 0. The number of hydrogen-bond donors (Lipinski definition) is 0. The van der Waals surface area contributed by atoms with Crippen LogP contribution >= 0.6 is 0 Å². The summed E-state index contributed by atoms with van der Waals surface area (Å²) in [6, 6.07) is 9.97. The van der Waals surface area contributed by atoms with E-state index < -0.39 is 0 Å². The molecule has 1 aromatic rings. The molecule has 10 heavy (non-hydrogen) atoms. The Kier molecular flexibility index (Phi) is 4.15. The van der Waals surface area contributed by atoms with E-state index in [0.29, 0.717) is 5.56 Å². The molecule has 1 rings (SSSR count). The van der Waals surface area contributed by atoms with Crippen molar-refractivity contribution in [3.63, 3.8) is 0 Å². The van der Waals surface area contributed by atoms with E-state index in [1.165, 1.54) is 6.92 Å². The summed E-state index contributed by atoms with van der Waals surface area (Å²) in [4.78, 5) is 10.6. The molecule has 0 aliphatic carbocycles. The van der Waals surface area contributed by atoms with E-state index in [0.717, 1.165) is 0 Å². The van der Waals surface area contributed by atoms with E-state index >= 15 is 0 Å². The minimum Gasteiger partial charge on any atom is -0.352 e. The molecule has 0 heterocycles. The Labute approximate surface area is 73.5 Å². The van der Waals surface area contributed by atoms with Gasteiger partial charge in [-0.15, -0.1) is 35.9 Å². The Morgan fingerprint density at radius 3 is 2.50 bits per heavy atom. The van der Waals surface area contributed by atoms with Crippen molar-refractivity contribution in [2.24, 2.45) is 0 Å². The molecule has 0 amide bonds. The molecule has 0 aliphatic heterocycles. The van der Waals surface area contributed by atoms with Gasteiger partial charge in [-0.2, -0.15) is 0 Å². The van der Waals surface area contributed by atoms with Gasteiger partial charge in [0.15, 0.2) is 0 Å². The summed E-state index contributed by atoms with van der Waals surface area (Å²) in [5, 5.41) is 0. The number of rotatable bonds is 1. The van der Waals surface area contributed by atoms with Crippen LogP contribution < -0.4 is 0 Å². The number of carbonyl (C=O) groups is 1. The maximum Gasteiger partial charge on any atom is 1.00 e. The molecule has 1 aromatic carbocycles. The van der Waals surface area contributed by atoms with Gasteiger partial charge in [-0.05, 0) is 6.92 Å². The first-order valence-electron chi connectivity index (χ1n) is 2.78. The molecule has 0 atom stereocenters. The van der Waals surface area contributed by atoms with Gasteiger partial charge >= 0.3 is 19.8 Å². The molecule has 2 heteroatoms. The second-order valence-corrected chi connectivity index (χ2v) is 1.83. The van der Waals surface area contributed by atoms with Gasteiger partial charge in [-0.25, -0.2) is 0 Å². The first kappa shape index (κ1) is 9.53. The van der Waals surface area contributed by atoms with Crippen molar-refractivity contribution in [2.45, 2.75) is 6.92 Å². The third-order valence-corrected chi connectivity index (χ3v) is 1.09. The Bertz CT molecular complexity index is 206. The fourth-order valence-electron chi connectivity index (χ4n) is 0.612. The zero-order valence-electron chi connectivity index (χ0n) is 5.57. The summed E-state index contributed by atoms with van der Waals surface area (Å²) >= 11 is 0. The Morgan fingerprint density at radius 2 is 2.20 bits per heavy atom. The van der Waals surface area contributed by atoms with Gasteiger partial charge in [0.1, 0.15) is 0 Å². The second-order valence-electron chi connectivity index (χ2n) is 1.83. The molecule has 0 saturated carbocycles. The summed E-state index contributed by atoms with van der Waals surface area (Å²) in [6.07, 6.45) is 0. The van der Waals surface area contributed by atoms with Crippen molar-refractivity contribution in [2.75, 3.05) is 0 Å². The van der Waals surface area contributed by atoms with Crippen molar-refractivity contribution in [3.8, 4) is 0 Å². The van der Waals surface area contributed by atoms with E-state index in [2.05, 4.69) is 6.07 Å². The van der Waals surface area contributed by atoms with E-state index in [1.807, 2.05) is 12.1 Å². The standard InChI is InChI=1S/C8H7O.Os/c1-7(9)8-5-3-2-4-6-8;/h2-5H,1H3;/q-1;+1. The van der Waals surface area contributed by atoms with Gasteiger partial charge in [0.2, 0.25) is 0 Å². The van der Waals surface area contributed by atoms with Crippen molar-refractivity contribution in [1.82, 2.24) is 0 Å². The summed E-state index contributed by atoms with van der Waals surface area (Å²) in [7, 11) is 0. The Hall–Kier alpha value is -0.474. The van der Waals surface area contributed by atoms with E-state index in [4.69, 9.17) is 0 Å². The predicted octanol–water partition coefficient (Wildman–Crippen LogP) is 1.69. The third-order valence-electron chi connectivity index (χ3n) is 1.09. The maximum absolute atomic E-state index is 10.6. The summed E-state index contributed by atoms with van der Waals surface area (Å²) in [5.74, 6) is 0.0654. The minimum absolute atomic E-state index is 0. The minimum atomic E-state index is 0. The fraction of sp³-hybridized carbons (Fsp3) is 0.125. The zero-order chi connectivity index (χ0) is 6.69. The topological polar surface area (TPSA) is 17.1 Å². The monoisotopic (exact) mass is 311 g/mol. The average molecular weight is 309 g/mol. The molecule has 0 N–H and O–H groups in total. The van der Waals surface area contributed by atoms with Crippen molar-refractivity contribution in [3.05, 3.63) is 35.9 Å². The first-order valence-corrected chi connectivity index (χ1v) is 2.78. The summed E-state index contributed by atoms with van der Waals surface area (Å²) in [6.45, 7) is 1.53. The van der Waals surface area contributed by atoms with Crippen molar-refractivity contribution >= 4 is 5.78 Å². The van der Waals surface area contributed by atoms with Gasteiger partial charge in [0.05, 0.1) is 5.78 Å².